The lowest BCUT2D eigenvalue weighted by Gasteiger charge is -2.09. The van der Waals surface area contributed by atoms with E-state index in [1.54, 1.807) is 6.08 Å². The average molecular weight is 271 g/mol. The molecule has 0 fully saturated rings. The third kappa shape index (κ3) is 3.55. The van der Waals surface area contributed by atoms with Gasteiger partial charge in [0.25, 0.3) is 0 Å². The molecule has 0 saturated carbocycles. The molecule has 0 aliphatic carbocycles. The molecule has 1 atom stereocenters. The van der Waals surface area contributed by atoms with E-state index >= 15 is 0 Å². The summed E-state index contributed by atoms with van der Waals surface area (Å²) in [5, 5.41) is 2.77. The molecule has 0 aromatic heterocycles. The standard InChI is InChI=1S/C16H17NO3/c1-3-5-13(4-2)17-16(18)9-7-12-6-8-14-15(10-12)20-11-19-14/h2,6-10,13H,3,5,11H2,1H3,(H,17,18)/b9-7+. The lowest BCUT2D eigenvalue weighted by Crippen LogP contribution is -2.32. The highest BCUT2D eigenvalue weighted by Gasteiger charge is 2.12. The van der Waals surface area contributed by atoms with E-state index in [1.165, 1.54) is 6.08 Å². The van der Waals surface area contributed by atoms with Crippen molar-refractivity contribution in [3.8, 4) is 23.8 Å². The summed E-state index contributed by atoms with van der Waals surface area (Å²) in [6.45, 7) is 2.27. The number of hydrogen-bond acceptors (Lipinski definition) is 3. The summed E-state index contributed by atoms with van der Waals surface area (Å²) < 4.78 is 10.5. The van der Waals surface area contributed by atoms with Crippen LogP contribution in [0.2, 0.25) is 0 Å². The maximum atomic E-state index is 11.7. The van der Waals surface area contributed by atoms with Gasteiger partial charge in [-0.15, -0.1) is 6.42 Å². The van der Waals surface area contributed by atoms with Crippen molar-refractivity contribution in [2.75, 3.05) is 6.79 Å². The van der Waals surface area contributed by atoms with Gasteiger partial charge in [-0.3, -0.25) is 4.79 Å². The summed E-state index contributed by atoms with van der Waals surface area (Å²) in [5.74, 6) is 3.79. The van der Waals surface area contributed by atoms with Crippen molar-refractivity contribution in [1.29, 1.82) is 0 Å². The quantitative estimate of drug-likeness (QED) is 0.660. The first-order valence-electron chi connectivity index (χ1n) is 6.57. The Kier molecular flexibility index (Phi) is 4.67. The van der Waals surface area contributed by atoms with Crippen molar-refractivity contribution in [2.45, 2.75) is 25.8 Å². The van der Waals surface area contributed by atoms with Gasteiger partial charge in [-0.25, -0.2) is 0 Å². The van der Waals surface area contributed by atoms with Crippen molar-refractivity contribution in [1.82, 2.24) is 5.32 Å². The molecule has 1 aliphatic rings. The predicted octanol–water partition coefficient (Wildman–Crippen LogP) is 2.35. The number of rotatable bonds is 5. The van der Waals surface area contributed by atoms with Gasteiger partial charge < -0.3 is 14.8 Å². The van der Waals surface area contributed by atoms with Crippen molar-refractivity contribution >= 4 is 12.0 Å². The smallest absolute Gasteiger partial charge is 0.244 e. The van der Waals surface area contributed by atoms with E-state index < -0.39 is 0 Å². The molecule has 1 amide bonds. The molecule has 4 heteroatoms. The van der Waals surface area contributed by atoms with Crippen LogP contribution < -0.4 is 14.8 Å². The lowest BCUT2D eigenvalue weighted by molar-refractivity contribution is -0.116. The Hall–Kier alpha value is -2.41. The number of terminal acetylenes is 1. The molecule has 1 N–H and O–H groups in total. The largest absolute Gasteiger partial charge is 0.454 e. The highest BCUT2D eigenvalue weighted by Crippen LogP contribution is 2.32. The summed E-state index contributed by atoms with van der Waals surface area (Å²) >= 11 is 0. The van der Waals surface area contributed by atoms with E-state index in [-0.39, 0.29) is 18.7 Å². The fourth-order valence-corrected chi connectivity index (χ4v) is 1.89. The van der Waals surface area contributed by atoms with Crippen molar-refractivity contribution < 1.29 is 14.3 Å². The van der Waals surface area contributed by atoms with E-state index in [2.05, 4.69) is 11.2 Å². The summed E-state index contributed by atoms with van der Waals surface area (Å²) in [7, 11) is 0. The topological polar surface area (TPSA) is 47.6 Å². The Morgan fingerprint density at radius 2 is 2.30 bits per heavy atom. The molecule has 4 nitrogen and oxygen atoms in total. The van der Waals surface area contributed by atoms with Gasteiger partial charge in [0.1, 0.15) is 0 Å². The minimum absolute atomic E-state index is 0.195. The number of fused-ring (bicyclic) bond motifs is 1. The van der Waals surface area contributed by atoms with Crippen LogP contribution in [-0.2, 0) is 4.79 Å². The predicted molar refractivity (Wildman–Crippen MR) is 77.3 cm³/mol. The molecular weight excluding hydrogens is 254 g/mol. The number of carbonyl (C=O) groups excluding carboxylic acids is 1. The Morgan fingerprint density at radius 3 is 3.05 bits per heavy atom. The van der Waals surface area contributed by atoms with Gasteiger partial charge in [-0.05, 0) is 30.2 Å². The maximum Gasteiger partial charge on any atom is 0.244 e. The maximum absolute atomic E-state index is 11.7. The molecule has 1 aliphatic heterocycles. The van der Waals surface area contributed by atoms with Gasteiger partial charge in [-0.1, -0.05) is 25.3 Å². The van der Waals surface area contributed by atoms with Gasteiger partial charge in [0.2, 0.25) is 12.7 Å². The van der Waals surface area contributed by atoms with E-state index in [1.807, 2.05) is 25.1 Å². The van der Waals surface area contributed by atoms with E-state index in [9.17, 15) is 4.79 Å². The van der Waals surface area contributed by atoms with Crippen LogP contribution in [0.4, 0.5) is 0 Å². The second kappa shape index (κ2) is 6.67. The molecule has 104 valence electrons. The van der Waals surface area contributed by atoms with E-state index in [4.69, 9.17) is 15.9 Å². The Balaban J connectivity index is 1.95. The van der Waals surface area contributed by atoms with Crippen molar-refractivity contribution in [3.63, 3.8) is 0 Å². The zero-order valence-electron chi connectivity index (χ0n) is 11.4. The van der Waals surface area contributed by atoms with Crippen LogP contribution in [0.15, 0.2) is 24.3 Å². The zero-order valence-corrected chi connectivity index (χ0v) is 11.4. The Morgan fingerprint density at radius 1 is 1.50 bits per heavy atom. The number of nitrogens with one attached hydrogen (secondary N) is 1. The van der Waals surface area contributed by atoms with Crippen LogP contribution in [0.25, 0.3) is 6.08 Å². The summed E-state index contributed by atoms with van der Waals surface area (Å²) in [6.07, 6.45) is 10.3. The number of amides is 1. The molecule has 1 heterocycles. The third-order valence-corrected chi connectivity index (χ3v) is 2.92. The van der Waals surface area contributed by atoms with Crippen LogP contribution in [-0.4, -0.2) is 18.7 Å². The van der Waals surface area contributed by atoms with Crippen molar-refractivity contribution in [3.05, 3.63) is 29.8 Å². The summed E-state index contributed by atoms with van der Waals surface area (Å²) in [6, 6.07) is 5.30. The molecule has 1 aromatic rings. The highest BCUT2D eigenvalue weighted by atomic mass is 16.7. The van der Waals surface area contributed by atoms with Crippen LogP contribution in [0.5, 0.6) is 11.5 Å². The van der Waals surface area contributed by atoms with Gasteiger partial charge in [0.15, 0.2) is 11.5 Å². The van der Waals surface area contributed by atoms with Crippen LogP contribution >= 0.6 is 0 Å². The Bertz CT molecular complexity index is 557. The van der Waals surface area contributed by atoms with Crippen LogP contribution in [0, 0.1) is 12.3 Å². The first kappa shape index (κ1) is 14.0. The van der Waals surface area contributed by atoms with Gasteiger partial charge >= 0.3 is 0 Å². The first-order chi connectivity index (χ1) is 9.72. The fourth-order valence-electron chi connectivity index (χ4n) is 1.89. The molecule has 1 unspecified atom stereocenters. The normalized spacial score (nSPS) is 14.0. The highest BCUT2D eigenvalue weighted by molar-refractivity contribution is 5.92. The molecular formula is C16H17NO3. The Labute approximate surface area is 118 Å². The van der Waals surface area contributed by atoms with E-state index in [0.29, 0.717) is 5.75 Å². The van der Waals surface area contributed by atoms with Crippen LogP contribution in [0.1, 0.15) is 25.3 Å². The molecule has 2 rings (SSSR count). The van der Waals surface area contributed by atoms with E-state index in [0.717, 1.165) is 24.2 Å². The number of hydrogen-bond donors (Lipinski definition) is 1. The third-order valence-electron chi connectivity index (χ3n) is 2.92. The monoisotopic (exact) mass is 271 g/mol. The molecule has 0 bridgehead atoms. The summed E-state index contributed by atoms with van der Waals surface area (Å²) in [4.78, 5) is 11.7. The summed E-state index contributed by atoms with van der Waals surface area (Å²) in [5.41, 5.74) is 0.872. The lowest BCUT2D eigenvalue weighted by atomic mass is 10.1. The molecule has 0 saturated heterocycles. The average Bonchev–Trinajstić information content (AvgIpc) is 2.92. The van der Waals surface area contributed by atoms with Crippen LogP contribution in [0.3, 0.4) is 0 Å². The molecule has 20 heavy (non-hydrogen) atoms. The van der Waals surface area contributed by atoms with Crippen molar-refractivity contribution in [2.24, 2.45) is 0 Å². The number of benzene rings is 1. The first-order valence-corrected chi connectivity index (χ1v) is 6.57. The zero-order chi connectivity index (χ0) is 14.4. The van der Waals surface area contributed by atoms with Gasteiger partial charge in [0.05, 0.1) is 6.04 Å². The minimum atomic E-state index is -0.214. The number of ether oxygens (including phenoxy) is 2. The molecule has 0 spiro atoms. The number of carbonyl (C=O) groups is 1. The second-order valence-electron chi connectivity index (χ2n) is 4.46. The SMILES string of the molecule is C#CC(CCC)NC(=O)/C=C/c1ccc2c(c1)OCO2. The minimum Gasteiger partial charge on any atom is -0.454 e. The molecule has 1 aromatic carbocycles. The van der Waals surface area contributed by atoms with Gasteiger partial charge in [0, 0.05) is 6.08 Å². The fraction of sp³-hybridized carbons (Fsp3) is 0.312. The second-order valence-corrected chi connectivity index (χ2v) is 4.46. The van der Waals surface area contributed by atoms with Gasteiger partial charge in [-0.2, -0.15) is 0 Å². The molecule has 0 radical (unpaired) electrons.